The number of aldehydes is 1. The van der Waals surface area contributed by atoms with Gasteiger partial charge in [0.25, 0.3) is 0 Å². The fraction of sp³-hybridized carbons (Fsp3) is 0.500. The zero-order chi connectivity index (χ0) is 15.8. The highest BCUT2D eigenvalue weighted by atomic mass is 16.5. The van der Waals surface area contributed by atoms with Crippen LogP contribution in [0.25, 0.3) is 0 Å². The highest BCUT2D eigenvalue weighted by molar-refractivity contribution is 5.91. The van der Waals surface area contributed by atoms with Gasteiger partial charge in [-0.05, 0) is 19.4 Å². The number of carbonyl (C=O) groups is 3. The molecule has 0 saturated carbocycles. The largest absolute Gasteiger partial charge is 0.512 e. The second-order valence-electron chi connectivity index (χ2n) is 4.31. The summed E-state index contributed by atoms with van der Waals surface area (Å²) >= 11 is 0. The molecule has 0 spiro atoms. The zero-order valence-electron chi connectivity index (χ0n) is 12.1. The van der Waals surface area contributed by atoms with Crippen LogP contribution in [-0.2, 0) is 19.1 Å². The molecule has 1 heterocycles. The Bertz CT molecular complexity index is 468. The molecule has 1 amide bonds. The van der Waals surface area contributed by atoms with Crippen molar-refractivity contribution in [3.63, 3.8) is 0 Å². The topological polar surface area (TPSA) is 93.1 Å². The molecule has 0 aliphatic carbocycles. The lowest BCUT2D eigenvalue weighted by Crippen LogP contribution is -2.47. The van der Waals surface area contributed by atoms with Crippen LogP contribution in [0.1, 0.15) is 19.8 Å². The molecule has 21 heavy (non-hydrogen) atoms. The molecule has 0 aromatic rings. The fourth-order valence-electron chi connectivity index (χ4n) is 2.17. The highest BCUT2D eigenvalue weighted by Gasteiger charge is 2.37. The molecule has 1 rings (SSSR count). The van der Waals surface area contributed by atoms with Crippen molar-refractivity contribution in [2.24, 2.45) is 0 Å². The molecule has 1 atom stereocenters. The summed E-state index contributed by atoms with van der Waals surface area (Å²) < 4.78 is 9.61. The van der Waals surface area contributed by atoms with E-state index in [2.05, 4.69) is 4.74 Å². The molecular formula is C14H19NO6. The second-order valence-corrected chi connectivity index (χ2v) is 4.31. The minimum atomic E-state index is -0.721. The molecule has 1 aliphatic heterocycles. The van der Waals surface area contributed by atoms with Gasteiger partial charge in [0.15, 0.2) is 0 Å². The van der Waals surface area contributed by atoms with Gasteiger partial charge in [0, 0.05) is 13.0 Å². The Morgan fingerprint density at radius 3 is 2.76 bits per heavy atom. The lowest BCUT2D eigenvalue weighted by atomic mass is 9.95. The van der Waals surface area contributed by atoms with E-state index >= 15 is 0 Å². The van der Waals surface area contributed by atoms with Crippen molar-refractivity contribution in [3.05, 3.63) is 23.5 Å². The highest BCUT2D eigenvalue weighted by Crippen LogP contribution is 2.27. The van der Waals surface area contributed by atoms with Crippen LogP contribution >= 0.6 is 0 Å². The molecule has 7 heteroatoms. The summed E-state index contributed by atoms with van der Waals surface area (Å²) in [4.78, 5) is 35.5. The van der Waals surface area contributed by atoms with Crippen LogP contribution in [0.3, 0.4) is 0 Å². The number of amides is 1. The SMILES string of the molecule is CCOC(=O)C1=C(O)CCN(C(=O)OC)C1C/C=C/C=O. The summed E-state index contributed by atoms with van der Waals surface area (Å²) in [5.74, 6) is -0.772. The van der Waals surface area contributed by atoms with Gasteiger partial charge >= 0.3 is 12.1 Å². The molecule has 0 aromatic heterocycles. The van der Waals surface area contributed by atoms with Crippen LogP contribution in [-0.4, -0.2) is 54.7 Å². The van der Waals surface area contributed by atoms with E-state index in [0.29, 0.717) is 6.29 Å². The number of hydrogen-bond acceptors (Lipinski definition) is 6. The number of esters is 1. The standard InChI is InChI=1S/C14H19NO6/c1-3-21-13(18)12-10(6-4-5-9-16)15(14(19)20-2)8-7-11(12)17/h4-5,9-10,17H,3,6-8H2,1-2H3/b5-4+. The Labute approximate surface area is 122 Å². The van der Waals surface area contributed by atoms with E-state index < -0.39 is 18.1 Å². The quantitative estimate of drug-likeness (QED) is 0.468. The molecule has 0 radical (unpaired) electrons. The van der Waals surface area contributed by atoms with Gasteiger partial charge in [-0.1, -0.05) is 6.08 Å². The molecule has 116 valence electrons. The number of ether oxygens (including phenoxy) is 2. The van der Waals surface area contributed by atoms with Crippen molar-refractivity contribution in [2.75, 3.05) is 20.3 Å². The lowest BCUT2D eigenvalue weighted by molar-refractivity contribution is -0.139. The molecule has 0 fully saturated rings. The molecule has 1 aliphatic rings. The van der Waals surface area contributed by atoms with E-state index in [9.17, 15) is 19.5 Å². The number of rotatable bonds is 5. The average molecular weight is 297 g/mol. The summed E-state index contributed by atoms with van der Waals surface area (Å²) in [7, 11) is 1.24. The average Bonchev–Trinajstić information content (AvgIpc) is 2.47. The Kier molecular flexibility index (Phi) is 6.45. The summed E-state index contributed by atoms with van der Waals surface area (Å²) in [5, 5.41) is 9.97. The van der Waals surface area contributed by atoms with Crippen LogP contribution < -0.4 is 0 Å². The Balaban J connectivity index is 3.11. The summed E-state index contributed by atoms with van der Waals surface area (Å²) in [6.45, 7) is 2.03. The third kappa shape index (κ3) is 4.08. The van der Waals surface area contributed by atoms with E-state index in [1.807, 2.05) is 0 Å². The van der Waals surface area contributed by atoms with Crippen LogP contribution in [0.2, 0.25) is 0 Å². The predicted octanol–water partition coefficient (Wildman–Crippen LogP) is 1.35. The first kappa shape index (κ1) is 16.7. The van der Waals surface area contributed by atoms with Crippen molar-refractivity contribution in [2.45, 2.75) is 25.8 Å². The Hall–Kier alpha value is -2.31. The summed E-state index contributed by atoms with van der Waals surface area (Å²) in [6.07, 6.45) is 3.13. The fourth-order valence-corrected chi connectivity index (χ4v) is 2.17. The van der Waals surface area contributed by atoms with Crippen molar-refractivity contribution in [1.29, 1.82) is 0 Å². The second kappa shape index (κ2) is 8.08. The molecule has 7 nitrogen and oxygen atoms in total. The minimum Gasteiger partial charge on any atom is -0.512 e. The van der Waals surface area contributed by atoms with Crippen LogP contribution in [0.5, 0.6) is 0 Å². The molecule has 1 unspecified atom stereocenters. The van der Waals surface area contributed by atoms with E-state index in [4.69, 9.17) is 4.74 Å². The number of allylic oxidation sites excluding steroid dienone is 1. The van der Waals surface area contributed by atoms with Gasteiger partial charge in [0.1, 0.15) is 12.0 Å². The minimum absolute atomic E-state index is 0.0315. The number of nitrogens with zero attached hydrogens (tertiary/aromatic N) is 1. The van der Waals surface area contributed by atoms with Gasteiger partial charge in [-0.2, -0.15) is 0 Å². The Morgan fingerprint density at radius 1 is 1.48 bits per heavy atom. The first-order valence-electron chi connectivity index (χ1n) is 6.60. The van der Waals surface area contributed by atoms with E-state index in [1.54, 1.807) is 6.92 Å². The van der Waals surface area contributed by atoms with E-state index in [1.165, 1.54) is 24.2 Å². The van der Waals surface area contributed by atoms with Gasteiger partial charge in [0.05, 0.1) is 25.3 Å². The number of aliphatic hydroxyl groups excluding tert-OH is 1. The van der Waals surface area contributed by atoms with Gasteiger partial charge in [-0.15, -0.1) is 0 Å². The maximum absolute atomic E-state index is 12.0. The van der Waals surface area contributed by atoms with E-state index in [-0.39, 0.29) is 37.3 Å². The number of hydrogen-bond donors (Lipinski definition) is 1. The predicted molar refractivity (Wildman–Crippen MR) is 73.6 cm³/mol. The van der Waals surface area contributed by atoms with E-state index in [0.717, 1.165) is 0 Å². The molecule has 0 saturated heterocycles. The summed E-state index contributed by atoms with van der Waals surface area (Å²) in [5.41, 5.74) is 0.0315. The van der Waals surface area contributed by atoms with Crippen molar-refractivity contribution in [3.8, 4) is 0 Å². The van der Waals surface area contributed by atoms with Gasteiger partial charge in [-0.3, -0.25) is 4.79 Å². The van der Waals surface area contributed by atoms with Gasteiger partial charge < -0.3 is 19.5 Å². The molecule has 0 bridgehead atoms. The van der Waals surface area contributed by atoms with Gasteiger partial charge in [0.2, 0.25) is 0 Å². The monoisotopic (exact) mass is 297 g/mol. The van der Waals surface area contributed by atoms with Crippen molar-refractivity contribution >= 4 is 18.3 Å². The van der Waals surface area contributed by atoms with Gasteiger partial charge in [-0.25, -0.2) is 9.59 Å². The first-order valence-corrected chi connectivity index (χ1v) is 6.60. The third-order valence-electron chi connectivity index (χ3n) is 3.09. The summed E-state index contributed by atoms with van der Waals surface area (Å²) in [6, 6.07) is -0.721. The van der Waals surface area contributed by atoms with Crippen LogP contribution in [0, 0.1) is 0 Å². The normalized spacial score (nSPS) is 18.8. The lowest BCUT2D eigenvalue weighted by Gasteiger charge is -2.34. The third-order valence-corrected chi connectivity index (χ3v) is 3.09. The smallest absolute Gasteiger partial charge is 0.410 e. The molecule has 1 N–H and O–H groups in total. The number of carbonyl (C=O) groups excluding carboxylic acids is 3. The van der Waals surface area contributed by atoms with Crippen LogP contribution in [0.4, 0.5) is 4.79 Å². The maximum atomic E-state index is 12.0. The van der Waals surface area contributed by atoms with Crippen molar-refractivity contribution < 1.29 is 29.0 Å². The molecular weight excluding hydrogens is 278 g/mol. The van der Waals surface area contributed by atoms with Crippen LogP contribution in [0.15, 0.2) is 23.5 Å². The maximum Gasteiger partial charge on any atom is 0.410 e. The number of methoxy groups -OCH3 is 1. The Morgan fingerprint density at radius 2 is 2.19 bits per heavy atom. The van der Waals surface area contributed by atoms with Crippen molar-refractivity contribution in [1.82, 2.24) is 4.90 Å². The number of aliphatic hydroxyl groups is 1. The zero-order valence-corrected chi connectivity index (χ0v) is 12.1. The molecule has 0 aromatic carbocycles. The first-order chi connectivity index (χ1) is 10.1.